The number of aromatic nitrogens is 3. The van der Waals surface area contributed by atoms with Crippen LogP contribution in [0.25, 0.3) is 0 Å². The second kappa shape index (κ2) is 5.82. The Kier molecular flexibility index (Phi) is 3.93. The number of carbonyl (C=O) groups excluding carboxylic acids is 1. The number of hydrazone groups is 1. The number of H-pyrrole nitrogens is 1. The maximum atomic E-state index is 11.7. The van der Waals surface area contributed by atoms with Gasteiger partial charge in [-0.2, -0.15) is 5.10 Å². The van der Waals surface area contributed by atoms with Crippen LogP contribution in [0.15, 0.2) is 39.2 Å². The van der Waals surface area contributed by atoms with Gasteiger partial charge in [-0.05, 0) is 12.1 Å². The van der Waals surface area contributed by atoms with Gasteiger partial charge in [-0.25, -0.2) is 10.2 Å². The van der Waals surface area contributed by atoms with Crippen molar-refractivity contribution in [1.82, 2.24) is 20.0 Å². The summed E-state index contributed by atoms with van der Waals surface area (Å²) < 4.78 is 0.841. The molecule has 3 N–H and O–H groups in total. The molecule has 0 bridgehead atoms. The number of aromatic amines is 1. The fourth-order valence-electron chi connectivity index (χ4n) is 1.47. The summed E-state index contributed by atoms with van der Waals surface area (Å²) in [7, 11) is 1.28. The number of rotatable bonds is 3. The van der Waals surface area contributed by atoms with Crippen LogP contribution in [0.3, 0.4) is 0 Å². The molecule has 2 rings (SSSR count). The first kappa shape index (κ1) is 14.2. The highest BCUT2D eigenvalue weighted by molar-refractivity contribution is 5.94. The molecule has 9 heteroatoms. The van der Waals surface area contributed by atoms with E-state index in [-0.39, 0.29) is 5.56 Å². The Balaban J connectivity index is 2.20. The summed E-state index contributed by atoms with van der Waals surface area (Å²) in [4.78, 5) is 40.2. The molecule has 0 fully saturated rings. The van der Waals surface area contributed by atoms with Crippen LogP contribution in [0.2, 0.25) is 0 Å². The van der Waals surface area contributed by atoms with Gasteiger partial charge >= 0.3 is 5.69 Å². The van der Waals surface area contributed by atoms with E-state index in [0.29, 0.717) is 5.56 Å². The molecule has 0 aliphatic carbocycles. The van der Waals surface area contributed by atoms with Crippen molar-refractivity contribution in [2.75, 3.05) is 0 Å². The minimum absolute atomic E-state index is 0.243. The summed E-state index contributed by atoms with van der Waals surface area (Å²) >= 11 is 0. The van der Waals surface area contributed by atoms with Gasteiger partial charge in [0.1, 0.15) is 5.56 Å². The van der Waals surface area contributed by atoms with Crippen molar-refractivity contribution in [2.45, 2.75) is 0 Å². The van der Waals surface area contributed by atoms with E-state index in [1.165, 1.54) is 31.6 Å². The monoisotopic (exact) mass is 289 g/mol. The summed E-state index contributed by atoms with van der Waals surface area (Å²) in [5.41, 5.74) is 0.716. The van der Waals surface area contributed by atoms with Gasteiger partial charge in [-0.15, -0.1) is 0 Å². The topological polar surface area (TPSA) is 129 Å². The van der Waals surface area contributed by atoms with Crippen LogP contribution in [0.4, 0.5) is 0 Å². The largest absolute Gasteiger partial charge is 0.494 e. The van der Waals surface area contributed by atoms with E-state index in [0.717, 1.165) is 10.8 Å². The van der Waals surface area contributed by atoms with E-state index in [9.17, 15) is 19.5 Å². The molecule has 0 unspecified atom stereocenters. The summed E-state index contributed by atoms with van der Waals surface area (Å²) in [6.07, 6.45) is 3.84. The summed E-state index contributed by atoms with van der Waals surface area (Å²) in [5, 5.41) is 13.2. The molecule has 1 amide bonds. The van der Waals surface area contributed by atoms with Crippen LogP contribution in [0.1, 0.15) is 15.9 Å². The Morgan fingerprint density at radius 2 is 2.10 bits per heavy atom. The highest BCUT2D eigenvalue weighted by Gasteiger charge is 2.09. The number of amides is 1. The Morgan fingerprint density at radius 1 is 1.43 bits per heavy atom. The molecule has 0 saturated carbocycles. The minimum Gasteiger partial charge on any atom is -0.494 e. The first-order valence-electron chi connectivity index (χ1n) is 5.76. The summed E-state index contributed by atoms with van der Waals surface area (Å²) in [5.74, 6) is -1.06. The highest BCUT2D eigenvalue weighted by Crippen LogP contribution is 2.04. The zero-order chi connectivity index (χ0) is 15.4. The molecule has 0 radical (unpaired) electrons. The molecule has 0 aliphatic heterocycles. The molecule has 2 heterocycles. The normalized spacial score (nSPS) is 10.7. The third-order valence-electron chi connectivity index (χ3n) is 2.63. The molecule has 21 heavy (non-hydrogen) atoms. The first-order chi connectivity index (χ1) is 10.0. The maximum absolute atomic E-state index is 11.7. The van der Waals surface area contributed by atoms with Crippen LogP contribution < -0.4 is 16.7 Å². The third kappa shape index (κ3) is 3.03. The van der Waals surface area contributed by atoms with Gasteiger partial charge in [-0.1, -0.05) is 0 Å². The predicted molar refractivity (Wildman–Crippen MR) is 73.3 cm³/mol. The minimum atomic E-state index is -0.808. The van der Waals surface area contributed by atoms with Gasteiger partial charge in [0, 0.05) is 25.0 Å². The van der Waals surface area contributed by atoms with Crippen LogP contribution in [-0.2, 0) is 7.05 Å². The molecular formula is C12H11N5O4. The number of hydrogen-bond donors (Lipinski definition) is 3. The molecule has 0 aromatic carbocycles. The van der Waals surface area contributed by atoms with Crippen molar-refractivity contribution in [1.29, 1.82) is 0 Å². The Labute approximate surface area is 117 Å². The second-order valence-electron chi connectivity index (χ2n) is 3.99. The fourth-order valence-corrected chi connectivity index (χ4v) is 1.47. The first-order valence-corrected chi connectivity index (χ1v) is 5.76. The lowest BCUT2D eigenvalue weighted by molar-refractivity contribution is 0.0955. The lowest BCUT2D eigenvalue weighted by Crippen LogP contribution is -2.30. The third-order valence-corrected chi connectivity index (χ3v) is 2.63. The van der Waals surface area contributed by atoms with Crippen molar-refractivity contribution in [3.63, 3.8) is 0 Å². The molecule has 108 valence electrons. The molecule has 0 saturated heterocycles. The van der Waals surface area contributed by atoms with Crippen LogP contribution >= 0.6 is 0 Å². The van der Waals surface area contributed by atoms with E-state index in [2.05, 4.69) is 15.5 Å². The molecule has 0 spiro atoms. The maximum Gasteiger partial charge on any atom is 0.330 e. The van der Waals surface area contributed by atoms with Crippen molar-refractivity contribution in [3.8, 4) is 5.88 Å². The van der Waals surface area contributed by atoms with E-state index >= 15 is 0 Å². The van der Waals surface area contributed by atoms with Gasteiger partial charge in [0.25, 0.3) is 11.5 Å². The number of nitrogens with zero attached hydrogens (tertiary/aromatic N) is 3. The Hall–Kier alpha value is -3.23. The van der Waals surface area contributed by atoms with Crippen molar-refractivity contribution < 1.29 is 9.90 Å². The van der Waals surface area contributed by atoms with Crippen LogP contribution in [0, 0.1) is 0 Å². The van der Waals surface area contributed by atoms with E-state index in [4.69, 9.17) is 0 Å². The number of nitrogens with one attached hydrogen (secondary N) is 2. The van der Waals surface area contributed by atoms with Crippen molar-refractivity contribution in [2.24, 2.45) is 12.1 Å². The fraction of sp³-hybridized carbons (Fsp3) is 0.0833. The molecule has 0 aliphatic rings. The molecule has 2 aromatic heterocycles. The average Bonchev–Trinajstić information content (AvgIpc) is 2.49. The van der Waals surface area contributed by atoms with Crippen LogP contribution in [-0.4, -0.2) is 31.8 Å². The quantitative estimate of drug-likeness (QED) is 0.490. The molecular weight excluding hydrogens is 278 g/mol. The zero-order valence-corrected chi connectivity index (χ0v) is 10.9. The number of aromatic hydroxyl groups is 1. The number of hydrogen-bond acceptors (Lipinski definition) is 6. The van der Waals surface area contributed by atoms with E-state index in [1.807, 2.05) is 4.98 Å². The van der Waals surface area contributed by atoms with Gasteiger partial charge in [0.15, 0.2) is 0 Å². The predicted octanol–water partition coefficient (Wildman–Crippen LogP) is -1.06. The summed E-state index contributed by atoms with van der Waals surface area (Å²) in [6.45, 7) is 0. The molecule has 0 atom stereocenters. The Bertz CT molecular complexity index is 807. The standard InChI is InChI=1S/C12H11N5O4/c1-17-11(20)8(10(19)15-12(17)21)6-14-16-9(18)7-2-4-13-5-3-7/h2-6,20H,1H3,(H,16,18)(H,15,19,21). The van der Waals surface area contributed by atoms with Crippen molar-refractivity contribution >= 4 is 12.1 Å². The lowest BCUT2D eigenvalue weighted by atomic mass is 10.3. The molecule has 9 nitrogen and oxygen atoms in total. The van der Waals surface area contributed by atoms with Crippen LogP contribution in [0.5, 0.6) is 5.88 Å². The Morgan fingerprint density at radius 3 is 2.76 bits per heavy atom. The zero-order valence-electron chi connectivity index (χ0n) is 10.9. The number of carbonyl (C=O) groups is 1. The van der Waals surface area contributed by atoms with Gasteiger partial charge in [0.2, 0.25) is 5.88 Å². The molecule has 2 aromatic rings. The van der Waals surface area contributed by atoms with Gasteiger partial charge in [0.05, 0.1) is 6.21 Å². The van der Waals surface area contributed by atoms with E-state index in [1.54, 1.807) is 0 Å². The summed E-state index contributed by atoms with van der Waals surface area (Å²) in [6, 6.07) is 2.97. The van der Waals surface area contributed by atoms with E-state index < -0.39 is 23.0 Å². The second-order valence-corrected chi connectivity index (χ2v) is 3.99. The smallest absolute Gasteiger partial charge is 0.330 e. The number of pyridine rings is 1. The SMILES string of the molecule is Cn1c(O)c(C=NNC(=O)c2ccncc2)c(=O)[nH]c1=O. The van der Waals surface area contributed by atoms with Gasteiger partial charge < -0.3 is 5.11 Å². The average molecular weight is 289 g/mol. The lowest BCUT2D eigenvalue weighted by Gasteiger charge is -2.03. The van der Waals surface area contributed by atoms with Crippen molar-refractivity contribution in [3.05, 3.63) is 56.5 Å². The highest BCUT2D eigenvalue weighted by atomic mass is 16.3. The van der Waals surface area contributed by atoms with Gasteiger partial charge in [-0.3, -0.25) is 24.1 Å².